The average Bonchev–Trinajstić information content (AvgIpc) is 3.34. The lowest BCUT2D eigenvalue weighted by atomic mass is 9.96. The average molecular weight is 347 g/mol. The largest absolute Gasteiger partial charge is 0.347 e. The zero-order valence-corrected chi connectivity index (χ0v) is 13.6. The van der Waals surface area contributed by atoms with Crippen molar-refractivity contribution in [1.29, 1.82) is 0 Å². The van der Waals surface area contributed by atoms with Crippen LogP contribution in [0.15, 0.2) is 48.5 Å². The summed E-state index contributed by atoms with van der Waals surface area (Å²) >= 11 is 5.84. The summed E-state index contributed by atoms with van der Waals surface area (Å²) in [6.45, 7) is 0.348. The van der Waals surface area contributed by atoms with E-state index in [0.717, 1.165) is 18.4 Å². The minimum Gasteiger partial charge on any atom is -0.347 e. The number of carbonyl (C=O) groups excluding carboxylic acids is 2. The van der Waals surface area contributed by atoms with Gasteiger partial charge in [-0.25, -0.2) is 4.39 Å². The molecule has 2 aromatic carbocycles. The Balaban J connectivity index is 1.57. The van der Waals surface area contributed by atoms with Crippen molar-refractivity contribution in [3.63, 3.8) is 0 Å². The number of amides is 2. The van der Waals surface area contributed by atoms with Crippen LogP contribution in [0, 0.1) is 5.82 Å². The molecule has 24 heavy (non-hydrogen) atoms. The number of benzene rings is 2. The van der Waals surface area contributed by atoms with Gasteiger partial charge in [-0.2, -0.15) is 0 Å². The van der Waals surface area contributed by atoms with Crippen LogP contribution < -0.4 is 10.6 Å². The Hall–Kier alpha value is -2.40. The number of halogens is 2. The van der Waals surface area contributed by atoms with Gasteiger partial charge in [0.2, 0.25) is 0 Å². The van der Waals surface area contributed by atoms with E-state index in [9.17, 15) is 14.0 Å². The van der Waals surface area contributed by atoms with Crippen molar-refractivity contribution in [1.82, 2.24) is 5.32 Å². The molecule has 2 aromatic rings. The summed E-state index contributed by atoms with van der Waals surface area (Å²) in [6.07, 6.45) is 1.80. The molecular weight excluding hydrogens is 331 g/mol. The van der Waals surface area contributed by atoms with Gasteiger partial charge < -0.3 is 10.6 Å². The fraction of sp³-hybridized carbons (Fsp3) is 0.222. The van der Waals surface area contributed by atoms with Crippen LogP contribution >= 0.6 is 11.6 Å². The highest BCUT2D eigenvalue weighted by Crippen LogP contribution is 2.47. The Morgan fingerprint density at radius 3 is 2.42 bits per heavy atom. The third kappa shape index (κ3) is 3.74. The lowest BCUT2D eigenvalue weighted by Gasteiger charge is -2.16. The number of nitrogens with one attached hydrogen (secondary N) is 2. The summed E-state index contributed by atoms with van der Waals surface area (Å²) in [7, 11) is 0. The van der Waals surface area contributed by atoms with Crippen molar-refractivity contribution in [2.45, 2.75) is 18.3 Å². The Morgan fingerprint density at radius 1 is 1.08 bits per heavy atom. The van der Waals surface area contributed by atoms with Crippen molar-refractivity contribution in [2.24, 2.45) is 0 Å². The first-order chi connectivity index (χ1) is 11.5. The van der Waals surface area contributed by atoms with E-state index in [-0.39, 0.29) is 11.2 Å². The van der Waals surface area contributed by atoms with E-state index in [2.05, 4.69) is 10.6 Å². The van der Waals surface area contributed by atoms with E-state index in [1.165, 1.54) is 12.1 Å². The summed E-state index contributed by atoms with van der Waals surface area (Å²) < 4.78 is 13.0. The molecule has 0 aliphatic heterocycles. The maximum Gasteiger partial charge on any atom is 0.313 e. The summed E-state index contributed by atoms with van der Waals surface area (Å²) in [6, 6.07) is 12.8. The van der Waals surface area contributed by atoms with Gasteiger partial charge in [0.05, 0.1) is 0 Å². The first-order valence-electron chi connectivity index (χ1n) is 7.59. The molecule has 0 heterocycles. The van der Waals surface area contributed by atoms with Crippen molar-refractivity contribution >= 4 is 29.1 Å². The third-order valence-electron chi connectivity index (χ3n) is 4.19. The predicted molar refractivity (Wildman–Crippen MR) is 90.4 cm³/mol. The number of carbonyl (C=O) groups is 2. The van der Waals surface area contributed by atoms with Crippen LogP contribution in [-0.2, 0) is 15.0 Å². The zero-order valence-electron chi connectivity index (χ0n) is 12.8. The minimum absolute atomic E-state index is 0.195. The Labute approximate surface area is 144 Å². The Bertz CT molecular complexity index is 773. The molecule has 0 unspecified atom stereocenters. The summed E-state index contributed by atoms with van der Waals surface area (Å²) in [4.78, 5) is 23.9. The van der Waals surface area contributed by atoms with Crippen LogP contribution in [0.3, 0.4) is 0 Å². The molecule has 124 valence electrons. The topological polar surface area (TPSA) is 58.2 Å². The van der Waals surface area contributed by atoms with E-state index < -0.39 is 11.8 Å². The van der Waals surface area contributed by atoms with E-state index in [4.69, 9.17) is 11.6 Å². The molecule has 3 rings (SSSR count). The Kier molecular flexibility index (Phi) is 4.53. The molecular formula is C18H16ClFN2O2. The highest BCUT2D eigenvalue weighted by molar-refractivity contribution is 6.39. The third-order valence-corrected chi connectivity index (χ3v) is 4.42. The lowest BCUT2D eigenvalue weighted by molar-refractivity contribution is -0.136. The molecule has 6 heteroatoms. The van der Waals surface area contributed by atoms with Crippen molar-refractivity contribution < 1.29 is 14.0 Å². The SMILES string of the molecule is O=C(NCC1(c2ccc(F)cc2)CC1)C(=O)Nc1cccc(Cl)c1. The molecule has 2 N–H and O–H groups in total. The highest BCUT2D eigenvalue weighted by atomic mass is 35.5. The van der Waals surface area contributed by atoms with E-state index in [1.54, 1.807) is 36.4 Å². The van der Waals surface area contributed by atoms with E-state index in [1.807, 2.05) is 0 Å². The molecule has 0 saturated heterocycles. The maximum absolute atomic E-state index is 13.0. The predicted octanol–water partition coefficient (Wildman–Crippen LogP) is 3.27. The van der Waals surface area contributed by atoms with Gasteiger partial charge in [-0.1, -0.05) is 29.8 Å². The second-order valence-electron chi connectivity index (χ2n) is 5.93. The van der Waals surface area contributed by atoms with Crippen molar-refractivity contribution in [3.05, 3.63) is 64.9 Å². The maximum atomic E-state index is 13.0. The number of hydrogen-bond acceptors (Lipinski definition) is 2. The van der Waals surface area contributed by atoms with Crippen molar-refractivity contribution in [2.75, 3.05) is 11.9 Å². The smallest absolute Gasteiger partial charge is 0.313 e. The minimum atomic E-state index is -0.743. The van der Waals surface area contributed by atoms with Crippen LogP contribution in [0.2, 0.25) is 5.02 Å². The second-order valence-corrected chi connectivity index (χ2v) is 6.37. The van der Waals surface area contributed by atoms with Crippen LogP contribution in [0.25, 0.3) is 0 Å². The molecule has 2 amide bonds. The second kappa shape index (κ2) is 6.61. The number of rotatable bonds is 4. The summed E-state index contributed by atoms with van der Waals surface area (Å²) in [5.41, 5.74) is 1.24. The quantitative estimate of drug-likeness (QED) is 0.835. The van der Waals surface area contributed by atoms with Gasteiger partial charge >= 0.3 is 11.8 Å². The molecule has 1 fully saturated rings. The standard InChI is InChI=1S/C18H16ClFN2O2/c19-13-2-1-3-15(10-13)22-17(24)16(23)21-11-18(8-9-18)12-4-6-14(20)7-5-12/h1-7,10H,8-9,11H2,(H,21,23)(H,22,24). The molecule has 1 aliphatic carbocycles. The highest BCUT2D eigenvalue weighted by Gasteiger charge is 2.44. The van der Waals surface area contributed by atoms with Gasteiger partial charge in [0.25, 0.3) is 0 Å². The van der Waals surface area contributed by atoms with Gasteiger partial charge in [0, 0.05) is 22.7 Å². The lowest BCUT2D eigenvalue weighted by Crippen LogP contribution is -2.39. The van der Waals surface area contributed by atoms with Crippen molar-refractivity contribution in [3.8, 4) is 0 Å². The summed E-state index contributed by atoms with van der Waals surface area (Å²) in [5.74, 6) is -1.74. The van der Waals surface area contributed by atoms with Gasteiger partial charge in [-0.05, 0) is 48.7 Å². The van der Waals surface area contributed by atoms with Crippen LogP contribution in [-0.4, -0.2) is 18.4 Å². The molecule has 1 saturated carbocycles. The van der Waals surface area contributed by atoms with Gasteiger partial charge in [0.15, 0.2) is 0 Å². The summed E-state index contributed by atoms with van der Waals surface area (Å²) in [5, 5.41) is 5.63. The molecule has 4 nitrogen and oxygen atoms in total. The number of anilines is 1. The van der Waals surface area contributed by atoms with Gasteiger partial charge in [-0.3, -0.25) is 9.59 Å². The van der Waals surface area contributed by atoms with Crippen LogP contribution in [0.4, 0.5) is 10.1 Å². The molecule has 0 radical (unpaired) electrons. The monoisotopic (exact) mass is 346 g/mol. The molecule has 0 bridgehead atoms. The fourth-order valence-electron chi connectivity index (χ4n) is 2.61. The Morgan fingerprint density at radius 2 is 1.79 bits per heavy atom. The van der Waals surface area contributed by atoms with Crippen LogP contribution in [0.5, 0.6) is 0 Å². The first-order valence-corrected chi connectivity index (χ1v) is 7.97. The van der Waals surface area contributed by atoms with Crippen LogP contribution in [0.1, 0.15) is 18.4 Å². The first kappa shape index (κ1) is 16.5. The number of hydrogen-bond donors (Lipinski definition) is 2. The molecule has 0 spiro atoms. The molecule has 1 aliphatic rings. The van der Waals surface area contributed by atoms with Gasteiger partial charge in [0.1, 0.15) is 5.82 Å². The normalized spacial score (nSPS) is 14.8. The molecule has 0 atom stereocenters. The zero-order chi connectivity index (χ0) is 17.2. The van der Waals surface area contributed by atoms with E-state index in [0.29, 0.717) is 17.3 Å². The van der Waals surface area contributed by atoms with E-state index >= 15 is 0 Å². The molecule has 0 aromatic heterocycles. The van der Waals surface area contributed by atoms with Gasteiger partial charge in [-0.15, -0.1) is 0 Å². The fourth-order valence-corrected chi connectivity index (χ4v) is 2.80.